The number of H-pyrrole nitrogens is 1. The second kappa shape index (κ2) is 7.33. The van der Waals surface area contributed by atoms with Crippen molar-refractivity contribution in [2.24, 2.45) is 0 Å². The SMILES string of the molecule is O=C(Cn1c2ccccc2c(=O)c2ccccc21)Nc1cccc(-c2ccn[nH]2)c1. The first-order chi connectivity index (χ1) is 14.7. The van der Waals surface area contributed by atoms with Crippen LogP contribution in [0.4, 0.5) is 5.69 Å². The summed E-state index contributed by atoms with van der Waals surface area (Å²) in [4.78, 5) is 25.8. The van der Waals surface area contributed by atoms with E-state index in [1.54, 1.807) is 18.3 Å². The molecule has 6 heteroatoms. The number of anilines is 1. The van der Waals surface area contributed by atoms with Crippen LogP contribution in [0.2, 0.25) is 0 Å². The van der Waals surface area contributed by atoms with E-state index in [-0.39, 0.29) is 17.9 Å². The van der Waals surface area contributed by atoms with Gasteiger partial charge in [-0.1, -0.05) is 36.4 Å². The normalized spacial score (nSPS) is 11.1. The molecule has 6 nitrogen and oxygen atoms in total. The fraction of sp³-hybridized carbons (Fsp3) is 0.0417. The van der Waals surface area contributed by atoms with Crippen molar-refractivity contribution in [1.29, 1.82) is 0 Å². The minimum Gasteiger partial charge on any atom is -0.331 e. The summed E-state index contributed by atoms with van der Waals surface area (Å²) in [6.07, 6.45) is 1.69. The third-order valence-electron chi connectivity index (χ3n) is 5.14. The topological polar surface area (TPSA) is 79.8 Å². The molecule has 146 valence electrons. The predicted molar refractivity (Wildman–Crippen MR) is 118 cm³/mol. The number of hydrogen-bond donors (Lipinski definition) is 2. The van der Waals surface area contributed by atoms with Crippen LogP contribution >= 0.6 is 0 Å². The Morgan fingerprint density at radius 3 is 2.27 bits per heavy atom. The van der Waals surface area contributed by atoms with Crippen LogP contribution in [0.1, 0.15) is 0 Å². The number of carbonyl (C=O) groups excluding carboxylic acids is 1. The number of pyridine rings is 1. The van der Waals surface area contributed by atoms with E-state index in [2.05, 4.69) is 15.5 Å². The van der Waals surface area contributed by atoms with E-state index in [1.165, 1.54) is 0 Å². The second-order valence-electron chi connectivity index (χ2n) is 7.05. The molecule has 2 aromatic heterocycles. The minimum absolute atomic E-state index is 0.0230. The Morgan fingerprint density at radius 1 is 0.900 bits per heavy atom. The number of benzene rings is 3. The molecule has 0 saturated carbocycles. The molecular formula is C24H18N4O2. The van der Waals surface area contributed by atoms with E-state index in [4.69, 9.17) is 0 Å². The summed E-state index contributed by atoms with van der Waals surface area (Å²) in [6.45, 7) is 0.0928. The highest BCUT2D eigenvalue weighted by Crippen LogP contribution is 2.22. The van der Waals surface area contributed by atoms with E-state index < -0.39 is 0 Å². The van der Waals surface area contributed by atoms with Crippen molar-refractivity contribution in [2.45, 2.75) is 6.54 Å². The third kappa shape index (κ3) is 3.14. The van der Waals surface area contributed by atoms with Gasteiger partial charge in [-0.3, -0.25) is 14.7 Å². The Hall–Kier alpha value is -4.19. The molecule has 0 aliphatic heterocycles. The summed E-state index contributed by atoms with van der Waals surface area (Å²) in [5.74, 6) is -0.171. The highest BCUT2D eigenvalue weighted by Gasteiger charge is 2.13. The second-order valence-corrected chi connectivity index (χ2v) is 7.05. The third-order valence-corrected chi connectivity index (χ3v) is 5.14. The molecule has 0 saturated heterocycles. The summed E-state index contributed by atoms with van der Waals surface area (Å²) < 4.78 is 1.89. The number of amides is 1. The zero-order chi connectivity index (χ0) is 20.5. The lowest BCUT2D eigenvalue weighted by Crippen LogP contribution is -2.21. The molecule has 5 aromatic rings. The first kappa shape index (κ1) is 17.9. The first-order valence-electron chi connectivity index (χ1n) is 9.61. The summed E-state index contributed by atoms with van der Waals surface area (Å²) in [5.41, 5.74) is 3.96. The molecular weight excluding hydrogens is 376 g/mol. The maximum absolute atomic E-state index is 12.9. The Bertz CT molecular complexity index is 1380. The van der Waals surface area contributed by atoms with Crippen LogP contribution in [0.25, 0.3) is 33.1 Å². The van der Waals surface area contributed by atoms with Crippen molar-refractivity contribution in [2.75, 3.05) is 5.32 Å². The van der Waals surface area contributed by atoms with E-state index >= 15 is 0 Å². The molecule has 0 spiro atoms. The Kier molecular flexibility index (Phi) is 4.37. The molecule has 3 aromatic carbocycles. The van der Waals surface area contributed by atoms with Gasteiger partial charge in [0.1, 0.15) is 6.54 Å². The van der Waals surface area contributed by atoms with Crippen LogP contribution in [0.15, 0.2) is 89.9 Å². The highest BCUT2D eigenvalue weighted by atomic mass is 16.2. The number of rotatable bonds is 4. The Labute approximate surface area is 171 Å². The van der Waals surface area contributed by atoms with Crippen LogP contribution in [0.5, 0.6) is 0 Å². The number of nitrogens with zero attached hydrogens (tertiary/aromatic N) is 2. The first-order valence-corrected chi connectivity index (χ1v) is 9.61. The average Bonchev–Trinajstić information content (AvgIpc) is 3.32. The van der Waals surface area contributed by atoms with Gasteiger partial charge in [-0.2, -0.15) is 5.10 Å². The Balaban J connectivity index is 1.52. The van der Waals surface area contributed by atoms with Gasteiger partial charge in [0.15, 0.2) is 5.43 Å². The lowest BCUT2D eigenvalue weighted by Gasteiger charge is -2.15. The van der Waals surface area contributed by atoms with Crippen LogP contribution in [0, 0.1) is 0 Å². The molecule has 0 unspecified atom stereocenters. The maximum atomic E-state index is 12.9. The van der Waals surface area contributed by atoms with E-state index in [9.17, 15) is 9.59 Å². The molecule has 5 rings (SSSR count). The molecule has 30 heavy (non-hydrogen) atoms. The number of aromatic amines is 1. The van der Waals surface area contributed by atoms with Gasteiger partial charge >= 0.3 is 0 Å². The molecule has 0 fully saturated rings. The van der Waals surface area contributed by atoms with Crippen LogP contribution in [-0.2, 0) is 11.3 Å². The van der Waals surface area contributed by atoms with Gasteiger partial charge in [0.2, 0.25) is 5.91 Å². The van der Waals surface area contributed by atoms with Gasteiger partial charge in [0.25, 0.3) is 0 Å². The zero-order valence-corrected chi connectivity index (χ0v) is 16.0. The van der Waals surface area contributed by atoms with Gasteiger partial charge in [-0.05, 0) is 42.5 Å². The smallest absolute Gasteiger partial charge is 0.244 e. The van der Waals surface area contributed by atoms with Gasteiger partial charge < -0.3 is 9.88 Å². The summed E-state index contributed by atoms with van der Waals surface area (Å²) in [6, 6.07) is 24.2. The predicted octanol–water partition coefficient (Wildman–Crippen LogP) is 4.18. The van der Waals surface area contributed by atoms with Gasteiger partial charge in [0, 0.05) is 28.2 Å². The number of nitrogens with one attached hydrogen (secondary N) is 2. The lowest BCUT2D eigenvalue weighted by molar-refractivity contribution is -0.116. The summed E-state index contributed by atoms with van der Waals surface area (Å²) >= 11 is 0. The van der Waals surface area contributed by atoms with E-state index in [0.29, 0.717) is 16.5 Å². The molecule has 0 aliphatic carbocycles. The molecule has 0 atom stereocenters. The van der Waals surface area contributed by atoms with Crippen molar-refractivity contribution in [3.63, 3.8) is 0 Å². The number of hydrogen-bond acceptors (Lipinski definition) is 3. The number of fused-ring (bicyclic) bond motifs is 2. The van der Waals surface area contributed by atoms with Crippen LogP contribution in [-0.4, -0.2) is 20.7 Å². The maximum Gasteiger partial charge on any atom is 0.244 e. The van der Waals surface area contributed by atoms with Crippen LogP contribution < -0.4 is 10.7 Å². The summed E-state index contributed by atoms with van der Waals surface area (Å²) in [5, 5.41) is 11.1. The number of carbonyl (C=O) groups is 1. The monoisotopic (exact) mass is 394 g/mol. The molecule has 2 heterocycles. The largest absolute Gasteiger partial charge is 0.331 e. The van der Waals surface area contributed by atoms with E-state index in [0.717, 1.165) is 22.3 Å². The molecule has 0 radical (unpaired) electrons. The standard InChI is InChI=1S/C24H18N4O2/c29-23(26-17-7-5-6-16(14-17)20-12-13-25-27-20)15-28-21-10-3-1-8-18(21)24(30)19-9-2-4-11-22(19)28/h1-14H,15H2,(H,25,27)(H,26,29). The average molecular weight is 394 g/mol. The molecule has 0 aliphatic rings. The van der Waals surface area contributed by atoms with Crippen molar-refractivity contribution in [3.8, 4) is 11.3 Å². The van der Waals surface area contributed by atoms with Crippen molar-refractivity contribution in [1.82, 2.24) is 14.8 Å². The summed E-state index contributed by atoms with van der Waals surface area (Å²) in [7, 11) is 0. The minimum atomic E-state index is -0.171. The van der Waals surface area contributed by atoms with Crippen LogP contribution in [0.3, 0.4) is 0 Å². The molecule has 1 amide bonds. The molecule has 0 bridgehead atoms. The number of aromatic nitrogens is 3. The van der Waals surface area contributed by atoms with E-state index in [1.807, 2.05) is 71.3 Å². The zero-order valence-electron chi connectivity index (χ0n) is 16.0. The van der Waals surface area contributed by atoms with Crippen molar-refractivity contribution < 1.29 is 4.79 Å². The van der Waals surface area contributed by atoms with Crippen molar-refractivity contribution in [3.05, 3.63) is 95.3 Å². The van der Waals surface area contributed by atoms with Gasteiger partial charge in [-0.15, -0.1) is 0 Å². The fourth-order valence-corrected chi connectivity index (χ4v) is 3.77. The molecule has 2 N–H and O–H groups in total. The Morgan fingerprint density at radius 2 is 1.60 bits per heavy atom. The van der Waals surface area contributed by atoms with Gasteiger partial charge in [-0.25, -0.2) is 0 Å². The fourth-order valence-electron chi connectivity index (χ4n) is 3.77. The lowest BCUT2D eigenvalue weighted by atomic mass is 10.1. The number of para-hydroxylation sites is 2. The van der Waals surface area contributed by atoms with Gasteiger partial charge in [0.05, 0.1) is 16.7 Å². The van der Waals surface area contributed by atoms with Crippen molar-refractivity contribution >= 4 is 33.4 Å². The quantitative estimate of drug-likeness (QED) is 0.449. The highest BCUT2D eigenvalue weighted by molar-refractivity contribution is 5.97.